The van der Waals surface area contributed by atoms with E-state index in [-0.39, 0.29) is 11.8 Å². The molecular weight excluding hydrogens is 242 g/mol. The molecule has 5 heteroatoms. The molecular formula is C14H19N3O2. The molecule has 1 aromatic heterocycles. The number of aromatic nitrogens is 1. The molecule has 5 nitrogen and oxygen atoms in total. The molecule has 0 spiro atoms. The van der Waals surface area contributed by atoms with Crippen molar-refractivity contribution in [1.82, 2.24) is 9.88 Å². The first-order valence-corrected chi connectivity index (χ1v) is 6.87. The molecule has 1 aliphatic carbocycles. The molecule has 1 aliphatic heterocycles. The quantitative estimate of drug-likeness (QED) is 0.861. The Labute approximate surface area is 112 Å². The van der Waals surface area contributed by atoms with Crippen molar-refractivity contribution in [3.63, 3.8) is 0 Å². The Kier molecular flexibility index (Phi) is 3.38. The van der Waals surface area contributed by atoms with Crippen LogP contribution in [0.3, 0.4) is 0 Å². The van der Waals surface area contributed by atoms with Crippen molar-refractivity contribution in [1.29, 1.82) is 0 Å². The van der Waals surface area contributed by atoms with E-state index in [1.54, 1.807) is 17.3 Å². The van der Waals surface area contributed by atoms with Crippen LogP contribution >= 0.6 is 0 Å². The van der Waals surface area contributed by atoms with Crippen molar-refractivity contribution in [2.24, 2.45) is 5.92 Å². The molecule has 0 radical (unpaired) electrons. The summed E-state index contributed by atoms with van der Waals surface area (Å²) in [7, 11) is 0. The molecule has 3 rings (SSSR count). The van der Waals surface area contributed by atoms with Crippen LogP contribution in [0.5, 0.6) is 0 Å². The van der Waals surface area contributed by atoms with E-state index in [2.05, 4.69) is 9.88 Å². The molecule has 2 fully saturated rings. The van der Waals surface area contributed by atoms with Gasteiger partial charge >= 0.3 is 0 Å². The number of carbonyl (C=O) groups excluding carboxylic acids is 1. The molecule has 0 bridgehead atoms. The predicted octanol–water partition coefficient (Wildman–Crippen LogP) is 0.501. The number of carbonyl (C=O) groups is 1. The third-order valence-corrected chi connectivity index (χ3v) is 3.94. The second kappa shape index (κ2) is 5.17. The fourth-order valence-corrected chi connectivity index (χ4v) is 2.54. The first-order valence-electron chi connectivity index (χ1n) is 6.87. The van der Waals surface area contributed by atoms with Gasteiger partial charge in [0.15, 0.2) is 0 Å². The number of hydrogen-bond donors (Lipinski definition) is 1. The van der Waals surface area contributed by atoms with Crippen molar-refractivity contribution >= 4 is 11.6 Å². The van der Waals surface area contributed by atoms with Gasteiger partial charge in [-0.05, 0) is 30.9 Å². The minimum atomic E-state index is -0.771. The minimum absolute atomic E-state index is 0.0862. The molecule has 102 valence electrons. The molecule has 1 aromatic rings. The van der Waals surface area contributed by atoms with Gasteiger partial charge in [0.25, 0.3) is 5.91 Å². The summed E-state index contributed by atoms with van der Waals surface area (Å²) >= 11 is 0. The lowest BCUT2D eigenvalue weighted by atomic mass is 10.2. The zero-order chi connectivity index (χ0) is 13.2. The van der Waals surface area contributed by atoms with E-state index in [0.29, 0.717) is 13.1 Å². The summed E-state index contributed by atoms with van der Waals surface area (Å²) < 4.78 is 0. The summed E-state index contributed by atoms with van der Waals surface area (Å²) in [5, 5.41) is 9.88. The maximum Gasteiger partial charge on any atom is 0.251 e. The Hall–Kier alpha value is -1.62. The van der Waals surface area contributed by atoms with E-state index in [4.69, 9.17) is 0 Å². The number of amides is 1. The zero-order valence-electron chi connectivity index (χ0n) is 10.9. The zero-order valence-corrected chi connectivity index (χ0v) is 10.9. The van der Waals surface area contributed by atoms with Crippen LogP contribution in [0, 0.1) is 5.92 Å². The summed E-state index contributed by atoms with van der Waals surface area (Å²) in [6.45, 7) is 3.00. The van der Waals surface area contributed by atoms with Crippen LogP contribution < -0.4 is 4.90 Å². The number of anilines is 1. The third kappa shape index (κ3) is 2.71. The lowest BCUT2D eigenvalue weighted by Crippen LogP contribution is -2.51. The van der Waals surface area contributed by atoms with Crippen LogP contribution in [-0.2, 0) is 4.79 Å². The molecule has 1 saturated heterocycles. The van der Waals surface area contributed by atoms with E-state index < -0.39 is 6.10 Å². The van der Waals surface area contributed by atoms with Gasteiger partial charge in [-0.3, -0.25) is 9.78 Å². The number of aliphatic hydroxyl groups excluding tert-OH is 1. The minimum Gasteiger partial charge on any atom is -0.383 e. The van der Waals surface area contributed by atoms with Crippen LogP contribution in [0.1, 0.15) is 12.8 Å². The van der Waals surface area contributed by atoms with Gasteiger partial charge in [0.05, 0.1) is 0 Å². The van der Waals surface area contributed by atoms with Gasteiger partial charge in [-0.15, -0.1) is 0 Å². The highest BCUT2D eigenvalue weighted by molar-refractivity contribution is 5.81. The van der Waals surface area contributed by atoms with Gasteiger partial charge in [-0.1, -0.05) is 0 Å². The number of piperazine rings is 1. The van der Waals surface area contributed by atoms with Crippen LogP contribution in [-0.4, -0.2) is 53.2 Å². The fourth-order valence-electron chi connectivity index (χ4n) is 2.54. The maximum absolute atomic E-state index is 12.1. The molecule has 1 atom stereocenters. The molecule has 2 aliphatic rings. The third-order valence-electron chi connectivity index (χ3n) is 3.94. The Morgan fingerprint density at radius 3 is 2.42 bits per heavy atom. The number of hydrogen-bond acceptors (Lipinski definition) is 4. The second-order valence-electron chi connectivity index (χ2n) is 5.30. The smallest absolute Gasteiger partial charge is 0.251 e. The summed E-state index contributed by atoms with van der Waals surface area (Å²) in [6.07, 6.45) is 4.77. The van der Waals surface area contributed by atoms with Crippen molar-refractivity contribution in [2.45, 2.75) is 18.9 Å². The van der Waals surface area contributed by atoms with Gasteiger partial charge in [0, 0.05) is 44.3 Å². The second-order valence-corrected chi connectivity index (χ2v) is 5.30. The first kappa shape index (κ1) is 12.4. The lowest BCUT2D eigenvalue weighted by Gasteiger charge is -2.36. The number of rotatable bonds is 3. The van der Waals surface area contributed by atoms with E-state index in [1.165, 1.54) is 0 Å². The van der Waals surface area contributed by atoms with Crippen LogP contribution in [0.15, 0.2) is 24.5 Å². The van der Waals surface area contributed by atoms with Crippen LogP contribution in [0.25, 0.3) is 0 Å². The topological polar surface area (TPSA) is 56.7 Å². The first-order chi connectivity index (χ1) is 9.25. The summed E-state index contributed by atoms with van der Waals surface area (Å²) in [4.78, 5) is 20.1. The fraction of sp³-hybridized carbons (Fsp3) is 0.571. The maximum atomic E-state index is 12.1. The number of nitrogens with zero attached hydrogens (tertiary/aromatic N) is 3. The number of pyridine rings is 1. The van der Waals surface area contributed by atoms with E-state index in [9.17, 15) is 9.90 Å². The standard InChI is InChI=1S/C14H19N3O2/c18-13(11-1-2-11)14(19)17-9-7-16(8-10-17)12-3-5-15-6-4-12/h3-6,11,13,18H,1-2,7-10H2. The monoisotopic (exact) mass is 261 g/mol. The molecule has 2 heterocycles. The predicted molar refractivity (Wildman–Crippen MR) is 71.8 cm³/mol. The van der Waals surface area contributed by atoms with Crippen molar-refractivity contribution in [2.75, 3.05) is 31.1 Å². The Bertz CT molecular complexity index is 439. The molecule has 1 unspecified atom stereocenters. The normalized spacial score (nSPS) is 21.3. The highest BCUT2D eigenvalue weighted by Crippen LogP contribution is 2.33. The summed E-state index contributed by atoms with van der Waals surface area (Å²) in [5.41, 5.74) is 1.14. The van der Waals surface area contributed by atoms with Gasteiger partial charge in [-0.25, -0.2) is 0 Å². The van der Waals surface area contributed by atoms with E-state index >= 15 is 0 Å². The van der Waals surface area contributed by atoms with Crippen molar-refractivity contribution in [3.8, 4) is 0 Å². The van der Waals surface area contributed by atoms with E-state index in [1.807, 2.05) is 12.1 Å². The van der Waals surface area contributed by atoms with Gasteiger partial charge in [-0.2, -0.15) is 0 Å². The van der Waals surface area contributed by atoms with Gasteiger partial charge in [0.2, 0.25) is 0 Å². The average Bonchev–Trinajstić information content (AvgIpc) is 3.31. The van der Waals surface area contributed by atoms with Crippen molar-refractivity contribution in [3.05, 3.63) is 24.5 Å². The molecule has 1 saturated carbocycles. The molecule has 19 heavy (non-hydrogen) atoms. The Morgan fingerprint density at radius 2 is 1.84 bits per heavy atom. The molecule has 0 aromatic carbocycles. The van der Waals surface area contributed by atoms with Crippen LogP contribution in [0.4, 0.5) is 5.69 Å². The highest BCUT2D eigenvalue weighted by Gasteiger charge is 2.37. The highest BCUT2D eigenvalue weighted by atomic mass is 16.3. The van der Waals surface area contributed by atoms with Gasteiger partial charge < -0.3 is 14.9 Å². The SMILES string of the molecule is O=C(C(O)C1CC1)N1CCN(c2ccncc2)CC1. The average molecular weight is 261 g/mol. The Morgan fingerprint density at radius 1 is 1.21 bits per heavy atom. The lowest BCUT2D eigenvalue weighted by molar-refractivity contribution is -0.141. The molecule has 1 N–H and O–H groups in total. The number of aliphatic hydroxyl groups is 1. The van der Waals surface area contributed by atoms with Crippen LogP contribution in [0.2, 0.25) is 0 Å². The summed E-state index contributed by atoms with van der Waals surface area (Å²) in [6, 6.07) is 3.97. The summed E-state index contributed by atoms with van der Waals surface area (Å²) in [5.74, 6) is 0.127. The van der Waals surface area contributed by atoms with Crippen molar-refractivity contribution < 1.29 is 9.90 Å². The Balaban J connectivity index is 1.56. The largest absolute Gasteiger partial charge is 0.383 e. The van der Waals surface area contributed by atoms with Gasteiger partial charge in [0.1, 0.15) is 6.10 Å². The molecule has 1 amide bonds. The van der Waals surface area contributed by atoms with E-state index in [0.717, 1.165) is 31.6 Å².